The molecule has 1 fully saturated rings. The minimum atomic E-state index is -0.405. The highest BCUT2D eigenvalue weighted by molar-refractivity contribution is 9.11. The Hall–Kier alpha value is -0.840. The van der Waals surface area contributed by atoms with Crippen molar-refractivity contribution in [2.24, 2.45) is 5.92 Å². The van der Waals surface area contributed by atoms with Crippen LogP contribution in [0, 0.1) is 5.92 Å². The van der Waals surface area contributed by atoms with E-state index in [1.165, 1.54) is 4.90 Å². The first-order valence-corrected chi connectivity index (χ1v) is 5.62. The van der Waals surface area contributed by atoms with Gasteiger partial charge in [-0.3, -0.25) is 9.59 Å². The highest BCUT2D eigenvalue weighted by Crippen LogP contribution is 2.13. The Balaban J connectivity index is 2.76. The van der Waals surface area contributed by atoms with Gasteiger partial charge in [-0.2, -0.15) is 0 Å². The lowest BCUT2D eigenvalue weighted by molar-refractivity contribution is -0.144. The van der Waals surface area contributed by atoms with Gasteiger partial charge >= 0.3 is 0 Å². The van der Waals surface area contributed by atoms with Crippen LogP contribution < -0.4 is 5.32 Å². The van der Waals surface area contributed by atoms with Crippen molar-refractivity contribution in [1.82, 2.24) is 10.2 Å². The molecule has 1 aliphatic rings. The third kappa shape index (κ3) is 3.06. The summed E-state index contributed by atoms with van der Waals surface area (Å²) in [5.41, 5.74) is 0. The molecule has 84 valence electrons. The quantitative estimate of drug-likeness (QED) is 0.831. The Labute approximate surface area is 97.8 Å². The summed E-state index contributed by atoms with van der Waals surface area (Å²) in [7, 11) is 0. The Morgan fingerprint density at radius 1 is 1.67 bits per heavy atom. The summed E-state index contributed by atoms with van der Waals surface area (Å²) in [6.07, 6.45) is 0. The minimum Gasteiger partial charge on any atom is -0.343 e. The van der Waals surface area contributed by atoms with E-state index in [1.807, 2.05) is 13.8 Å². The number of halogens is 1. The third-order valence-corrected chi connectivity index (χ3v) is 2.51. The van der Waals surface area contributed by atoms with Gasteiger partial charge in [0.15, 0.2) is 0 Å². The van der Waals surface area contributed by atoms with Gasteiger partial charge in [0.05, 0.1) is 13.1 Å². The van der Waals surface area contributed by atoms with Crippen LogP contribution in [-0.4, -0.2) is 35.8 Å². The van der Waals surface area contributed by atoms with E-state index in [4.69, 9.17) is 0 Å². The second-order valence-corrected chi connectivity index (χ2v) is 5.12. The van der Waals surface area contributed by atoms with Gasteiger partial charge in [-0.1, -0.05) is 36.4 Å². The maximum absolute atomic E-state index is 11.9. The molecule has 0 saturated carbocycles. The molecule has 0 spiro atoms. The molecule has 1 aliphatic heterocycles. The molecule has 1 N–H and O–H groups in total. The molecule has 2 amide bonds. The SMILES string of the molecule is C=C(Br)CN1CC(=O)NC(C(C)C)C1=O. The molecule has 0 aromatic heterocycles. The first-order chi connectivity index (χ1) is 6.91. The molecule has 15 heavy (non-hydrogen) atoms. The zero-order chi connectivity index (χ0) is 11.6. The van der Waals surface area contributed by atoms with E-state index in [2.05, 4.69) is 27.8 Å². The molecule has 1 unspecified atom stereocenters. The van der Waals surface area contributed by atoms with Crippen molar-refractivity contribution in [2.45, 2.75) is 19.9 Å². The summed E-state index contributed by atoms with van der Waals surface area (Å²) in [5, 5.41) is 2.69. The average molecular weight is 275 g/mol. The van der Waals surface area contributed by atoms with Gasteiger partial charge in [-0.15, -0.1) is 0 Å². The van der Waals surface area contributed by atoms with Crippen molar-refractivity contribution in [1.29, 1.82) is 0 Å². The first kappa shape index (κ1) is 12.2. The molecule has 5 heteroatoms. The molecular formula is C10H15BrN2O2. The highest BCUT2D eigenvalue weighted by atomic mass is 79.9. The lowest BCUT2D eigenvalue weighted by atomic mass is 10.0. The lowest BCUT2D eigenvalue weighted by Gasteiger charge is -2.34. The van der Waals surface area contributed by atoms with E-state index in [0.29, 0.717) is 11.0 Å². The standard InChI is InChI=1S/C10H15BrN2O2/c1-6(2)9-10(15)13(4-7(3)11)5-8(14)12-9/h6,9H,3-5H2,1-2H3,(H,12,14). The second kappa shape index (κ2) is 4.79. The zero-order valence-electron chi connectivity index (χ0n) is 8.92. The lowest BCUT2D eigenvalue weighted by Crippen LogP contribution is -2.59. The molecule has 1 rings (SSSR count). The number of hydrogen-bond acceptors (Lipinski definition) is 2. The molecule has 0 radical (unpaired) electrons. The third-order valence-electron chi connectivity index (χ3n) is 2.26. The molecule has 1 atom stereocenters. The van der Waals surface area contributed by atoms with Crippen molar-refractivity contribution < 1.29 is 9.59 Å². The first-order valence-electron chi connectivity index (χ1n) is 4.83. The minimum absolute atomic E-state index is 0.0369. The fourth-order valence-corrected chi connectivity index (χ4v) is 1.82. The Kier molecular flexibility index (Phi) is 3.90. The number of amides is 2. The maximum atomic E-state index is 11.9. The zero-order valence-corrected chi connectivity index (χ0v) is 10.5. The number of carbonyl (C=O) groups is 2. The molecule has 1 heterocycles. The smallest absolute Gasteiger partial charge is 0.246 e. The number of hydrogen-bond donors (Lipinski definition) is 1. The molecule has 0 aromatic rings. The van der Waals surface area contributed by atoms with Gasteiger partial charge in [-0.05, 0) is 5.92 Å². The van der Waals surface area contributed by atoms with Gasteiger partial charge in [0.2, 0.25) is 11.8 Å². The number of nitrogens with zero attached hydrogens (tertiary/aromatic N) is 1. The van der Waals surface area contributed by atoms with E-state index in [0.717, 1.165) is 0 Å². The predicted octanol–water partition coefficient (Wildman–Crippen LogP) is 0.878. The Morgan fingerprint density at radius 3 is 2.73 bits per heavy atom. The van der Waals surface area contributed by atoms with Crippen LogP contribution in [-0.2, 0) is 9.59 Å². The van der Waals surface area contributed by atoms with E-state index >= 15 is 0 Å². The fourth-order valence-electron chi connectivity index (χ4n) is 1.52. The van der Waals surface area contributed by atoms with Crippen molar-refractivity contribution in [2.75, 3.05) is 13.1 Å². The van der Waals surface area contributed by atoms with Crippen LogP contribution in [0.15, 0.2) is 11.1 Å². The Bertz CT molecular complexity index is 300. The van der Waals surface area contributed by atoms with Crippen molar-refractivity contribution in [3.8, 4) is 0 Å². The Morgan fingerprint density at radius 2 is 2.27 bits per heavy atom. The molecule has 0 bridgehead atoms. The van der Waals surface area contributed by atoms with Gasteiger partial charge in [0, 0.05) is 4.48 Å². The van der Waals surface area contributed by atoms with Crippen molar-refractivity contribution >= 4 is 27.7 Å². The number of nitrogens with one attached hydrogen (secondary N) is 1. The number of rotatable bonds is 3. The largest absolute Gasteiger partial charge is 0.343 e. The fraction of sp³-hybridized carbons (Fsp3) is 0.600. The average Bonchev–Trinajstić information content (AvgIpc) is 2.09. The van der Waals surface area contributed by atoms with E-state index in [1.54, 1.807) is 0 Å². The molecular weight excluding hydrogens is 260 g/mol. The second-order valence-electron chi connectivity index (χ2n) is 4.00. The van der Waals surface area contributed by atoms with Crippen LogP contribution in [0.5, 0.6) is 0 Å². The predicted molar refractivity (Wildman–Crippen MR) is 61.4 cm³/mol. The summed E-state index contributed by atoms with van der Waals surface area (Å²) in [6, 6.07) is -0.405. The highest BCUT2D eigenvalue weighted by Gasteiger charge is 2.34. The summed E-state index contributed by atoms with van der Waals surface area (Å²) in [6.45, 7) is 8.00. The van der Waals surface area contributed by atoms with Gasteiger partial charge in [-0.25, -0.2) is 0 Å². The van der Waals surface area contributed by atoms with Gasteiger partial charge in [0.25, 0.3) is 0 Å². The topological polar surface area (TPSA) is 49.4 Å². The number of piperazine rings is 1. The van der Waals surface area contributed by atoms with Crippen molar-refractivity contribution in [3.05, 3.63) is 11.1 Å². The molecule has 1 saturated heterocycles. The summed E-state index contributed by atoms with van der Waals surface area (Å²) in [5.74, 6) is -0.0416. The van der Waals surface area contributed by atoms with Crippen LogP contribution in [0.25, 0.3) is 0 Å². The number of carbonyl (C=O) groups excluding carboxylic acids is 2. The van der Waals surface area contributed by atoms with Gasteiger partial charge in [0.1, 0.15) is 6.04 Å². The molecule has 0 aliphatic carbocycles. The van der Waals surface area contributed by atoms with E-state index < -0.39 is 6.04 Å². The monoisotopic (exact) mass is 274 g/mol. The molecule has 4 nitrogen and oxygen atoms in total. The summed E-state index contributed by atoms with van der Waals surface area (Å²) >= 11 is 3.19. The summed E-state index contributed by atoms with van der Waals surface area (Å²) in [4.78, 5) is 24.8. The normalized spacial score (nSPS) is 21.9. The maximum Gasteiger partial charge on any atom is 0.246 e. The van der Waals surface area contributed by atoms with Crippen LogP contribution in [0.2, 0.25) is 0 Å². The summed E-state index contributed by atoms with van der Waals surface area (Å²) < 4.78 is 0.702. The van der Waals surface area contributed by atoms with Crippen LogP contribution in [0.4, 0.5) is 0 Å². The van der Waals surface area contributed by atoms with E-state index in [9.17, 15) is 9.59 Å². The van der Waals surface area contributed by atoms with Crippen LogP contribution in [0.3, 0.4) is 0 Å². The molecule has 0 aromatic carbocycles. The van der Waals surface area contributed by atoms with Crippen LogP contribution >= 0.6 is 15.9 Å². The van der Waals surface area contributed by atoms with Crippen LogP contribution in [0.1, 0.15) is 13.8 Å². The van der Waals surface area contributed by atoms with Gasteiger partial charge < -0.3 is 10.2 Å². The van der Waals surface area contributed by atoms with E-state index in [-0.39, 0.29) is 24.3 Å². The van der Waals surface area contributed by atoms with Crippen molar-refractivity contribution in [3.63, 3.8) is 0 Å².